The molecule has 0 aliphatic heterocycles. The molecule has 7 nitrogen and oxygen atoms in total. The van der Waals surface area contributed by atoms with Gasteiger partial charge in [0.2, 0.25) is 11.4 Å². The van der Waals surface area contributed by atoms with Gasteiger partial charge in [0, 0.05) is 17.8 Å². The Bertz CT molecular complexity index is 741. The van der Waals surface area contributed by atoms with Crippen LogP contribution in [-0.4, -0.2) is 15.8 Å². The topological polar surface area (TPSA) is 105 Å². The molecule has 1 aromatic carbocycles. The van der Waals surface area contributed by atoms with Crippen LogP contribution in [0.25, 0.3) is 0 Å². The smallest absolute Gasteiger partial charge is 0.306 e. The van der Waals surface area contributed by atoms with Crippen molar-refractivity contribution in [2.75, 3.05) is 5.32 Å². The number of anilines is 1. The minimum absolute atomic E-state index is 0.00974. The van der Waals surface area contributed by atoms with Crippen LogP contribution >= 0.6 is 0 Å². The summed E-state index contributed by atoms with van der Waals surface area (Å²) < 4.78 is 13.1. The van der Waals surface area contributed by atoms with E-state index in [1.807, 2.05) is 0 Å². The lowest BCUT2D eigenvalue weighted by molar-refractivity contribution is -0.387. The minimum Gasteiger partial charge on any atom is -0.320 e. The standard InChI is InChI=1S/C12H8FN3O4/c13-8-5-4-7(6-10(8)16(19)20)14-12(18)9-2-1-3-11(17)15-9/h1-6H,(H,14,18)(H,15,17). The van der Waals surface area contributed by atoms with Crippen molar-refractivity contribution in [2.45, 2.75) is 0 Å². The fourth-order valence-electron chi connectivity index (χ4n) is 1.51. The SMILES string of the molecule is O=C(Nc1ccc(F)c([N+](=O)[O-])c1)c1cccc(=O)[nH]1. The lowest BCUT2D eigenvalue weighted by Crippen LogP contribution is -2.18. The largest absolute Gasteiger partial charge is 0.320 e. The van der Waals surface area contributed by atoms with Crippen molar-refractivity contribution in [3.05, 3.63) is 68.4 Å². The number of nitro benzene ring substituents is 1. The monoisotopic (exact) mass is 277 g/mol. The summed E-state index contributed by atoms with van der Waals surface area (Å²) in [6, 6.07) is 6.95. The Balaban J connectivity index is 2.26. The van der Waals surface area contributed by atoms with Crippen LogP contribution in [-0.2, 0) is 0 Å². The summed E-state index contributed by atoms with van der Waals surface area (Å²) in [5.41, 5.74) is -1.16. The summed E-state index contributed by atoms with van der Waals surface area (Å²) in [5.74, 6) is -1.66. The molecule has 0 bridgehead atoms. The molecule has 2 N–H and O–H groups in total. The first-order valence-corrected chi connectivity index (χ1v) is 5.42. The molecule has 1 aromatic heterocycles. The zero-order valence-corrected chi connectivity index (χ0v) is 9.92. The maximum absolute atomic E-state index is 13.1. The number of amides is 1. The molecule has 0 spiro atoms. The van der Waals surface area contributed by atoms with Crippen LogP contribution in [0.4, 0.5) is 15.8 Å². The highest BCUT2D eigenvalue weighted by atomic mass is 19.1. The van der Waals surface area contributed by atoms with Crippen LogP contribution in [0.15, 0.2) is 41.2 Å². The summed E-state index contributed by atoms with van der Waals surface area (Å²) in [5, 5.41) is 12.9. The number of halogens is 1. The van der Waals surface area contributed by atoms with Crippen LogP contribution in [0.5, 0.6) is 0 Å². The zero-order chi connectivity index (χ0) is 14.7. The molecule has 0 radical (unpaired) electrons. The normalized spacial score (nSPS) is 10.1. The number of H-pyrrole nitrogens is 1. The number of hydrogen-bond donors (Lipinski definition) is 2. The number of nitrogens with one attached hydrogen (secondary N) is 2. The number of carbonyl (C=O) groups excluding carboxylic acids is 1. The summed E-state index contributed by atoms with van der Waals surface area (Å²) in [4.78, 5) is 34.8. The molecule has 8 heteroatoms. The molecule has 0 fully saturated rings. The lowest BCUT2D eigenvalue weighted by atomic mass is 10.2. The van der Waals surface area contributed by atoms with Crippen molar-refractivity contribution in [3.63, 3.8) is 0 Å². The van der Waals surface area contributed by atoms with E-state index in [2.05, 4.69) is 10.3 Å². The summed E-state index contributed by atoms with van der Waals surface area (Å²) in [6.07, 6.45) is 0. The summed E-state index contributed by atoms with van der Waals surface area (Å²) in [7, 11) is 0. The Hall–Kier alpha value is -3.03. The van der Waals surface area contributed by atoms with Gasteiger partial charge in [0.15, 0.2) is 0 Å². The van der Waals surface area contributed by atoms with Gasteiger partial charge in [0.1, 0.15) is 5.69 Å². The van der Waals surface area contributed by atoms with Gasteiger partial charge in [0.25, 0.3) is 5.91 Å². The van der Waals surface area contributed by atoms with Crippen molar-refractivity contribution in [3.8, 4) is 0 Å². The highest BCUT2D eigenvalue weighted by molar-refractivity contribution is 6.02. The van der Waals surface area contributed by atoms with Crippen molar-refractivity contribution in [2.24, 2.45) is 0 Å². The van der Waals surface area contributed by atoms with Crippen LogP contribution in [0.2, 0.25) is 0 Å². The minimum atomic E-state index is -0.999. The number of aromatic nitrogens is 1. The number of benzene rings is 1. The maximum atomic E-state index is 13.1. The average molecular weight is 277 g/mol. The molecule has 0 unspecified atom stereocenters. The Labute approximate surface area is 111 Å². The van der Waals surface area contributed by atoms with Crippen molar-refractivity contribution >= 4 is 17.3 Å². The Morgan fingerprint density at radius 2 is 2.05 bits per heavy atom. The van der Waals surface area contributed by atoms with E-state index in [1.165, 1.54) is 24.3 Å². The Kier molecular flexibility index (Phi) is 3.56. The van der Waals surface area contributed by atoms with E-state index in [-0.39, 0.29) is 11.4 Å². The third kappa shape index (κ3) is 2.86. The number of hydrogen-bond acceptors (Lipinski definition) is 4. The van der Waals surface area contributed by atoms with Gasteiger partial charge in [-0.05, 0) is 18.2 Å². The predicted octanol–water partition coefficient (Wildman–Crippen LogP) is 1.67. The molecule has 1 heterocycles. The van der Waals surface area contributed by atoms with Gasteiger partial charge in [-0.2, -0.15) is 4.39 Å². The molecule has 1 amide bonds. The quantitative estimate of drug-likeness (QED) is 0.657. The molecular weight excluding hydrogens is 269 g/mol. The third-order valence-electron chi connectivity index (χ3n) is 2.41. The average Bonchev–Trinajstić information content (AvgIpc) is 2.40. The number of nitrogens with zero attached hydrogens (tertiary/aromatic N) is 1. The number of rotatable bonds is 3. The van der Waals surface area contributed by atoms with Crippen molar-refractivity contribution < 1.29 is 14.1 Å². The molecule has 2 rings (SSSR count). The molecule has 0 saturated carbocycles. The molecule has 2 aromatic rings. The van der Waals surface area contributed by atoms with E-state index < -0.39 is 27.9 Å². The molecular formula is C12H8FN3O4. The molecule has 0 aliphatic carbocycles. The number of carbonyl (C=O) groups is 1. The first-order valence-electron chi connectivity index (χ1n) is 5.42. The zero-order valence-electron chi connectivity index (χ0n) is 9.92. The molecule has 0 atom stereocenters. The highest BCUT2D eigenvalue weighted by Crippen LogP contribution is 2.21. The van der Waals surface area contributed by atoms with E-state index >= 15 is 0 Å². The van der Waals surface area contributed by atoms with E-state index in [0.29, 0.717) is 0 Å². The van der Waals surface area contributed by atoms with Crippen LogP contribution < -0.4 is 10.9 Å². The van der Waals surface area contributed by atoms with Crippen LogP contribution in [0.3, 0.4) is 0 Å². The Morgan fingerprint density at radius 3 is 2.70 bits per heavy atom. The predicted molar refractivity (Wildman–Crippen MR) is 68.1 cm³/mol. The van der Waals surface area contributed by atoms with Gasteiger partial charge >= 0.3 is 5.69 Å². The van der Waals surface area contributed by atoms with Gasteiger partial charge in [-0.25, -0.2) is 0 Å². The van der Waals surface area contributed by atoms with E-state index in [1.54, 1.807) is 0 Å². The number of nitro groups is 1. The molecule has 102 valence electrons. The molecule has 0 aliphatic rings. The maximum Gasteiger partial charge on any atom is 0.306 e. The van der Waals surface area contributed by atoms with Gasteiger partial charge in [-0.1, -0.05) is 6.07 Å². The number of pyridine rings is 1. The highest BCUT2D eigenvalue weighted by Gasteiger charge is 2.15. The fraction of sp³-hybridized carbons (Fsp3) is 0. The molecule has 20 heavy (non-hydrogen) atoms. The lowest BCUT2D eigenvalue weighted by Gasteiger charge is -2.05. The third-order valence-corrected chi connectivity index (χ3v) is 2.41. The van der Waals surface area contributed by atoms with E-state index in [4.69, 9.17) is 0 Å². The second-order valence-corrected chi connectivity index (χ2v) is 3.81. The van der Waals surface area contributed by atoms with Crippen LogP contribution in [0, 0.1) is 15.9 Å². The first kappa shape index (κ1) is 13.4. The first-order chi connectivity index (χ1) is 9.47. The second-order valence-electron chi connectivity index (χ2n) is 3.81. The fourth-order valence-corrected chi connectivity index (χ4v) is 1.51. The second kappa shape index (κ2) is 5.31. The molecule has 0 saturated heterocycles. The van der Waals surface area contributed by atoms with E-state index in [9.17, 15) is 24.1 Å². The van der Waals surface area contributed by atoms with E-state index in [0.717, 1.165) is 12.1 Å². The Morgan fingerprint density at radius 1 is 1.30 bits per heavy atom. The van der Waals surface area contributed by atoms with Crippen molar-refractivity contribution in [1.82, 2.24) is 4.98 Å². The van der Waals surface area contributed by atoms with Gasteiger partial charge in [-0.3, -0.25) is 19.7 Å². The van der Waals surface area contributed by atoms with Gasteiger partial charge in [-0.15, -0.1) is 0 Å². The van der Waals surface area contributed by atoms with Crippen molar-refractivity contribution in [1.29, 1.82) is 0 Å². The van der Waals surface area contributed by atoms with Gasteiger partial charge < -0.3 is 10.3 Å². The summed E-state index contributed by atoms with van der Waals surface area (Å²) in [6.45, 7) is 0. The summed E-state index contributed by atoms with van der Waals surface area (Å²) >= 11 is 0. The van der Waals surface area contributed by atoms with Crippen LogP contribution in [0.1, 0.15) is 10.5 Å². The van der Waals surface area contributed by atoms with Gasteiger partial charge in [0.05, 0.1) is 4.92 Å². The number of aromatic amines is 1.